The first-order valence-corrected chi connectivity index (χ1v) is 14.5. The zero-order valence-corrected chi connectivity index (χ0v) is 22.5. The topological polar surface area (TPSA) is 0 Å². The van der Waals surface area contributed by atoms with Crippen LogP contribution in [-0.4, -0.2) is 0 Å². The van der Waals surface area contributed by atoms with Gasteiger partial charge < -0.3 is 0 Å². The maximum Gasteiger partial charge on any atom is -0.0320 e. The molecule has 0 amide bonds. The summed E-state index contributed by atoms with van der Waals surface area (Å²) in [7, 11) is 0. The van der Waals surface area contributed by atoms with Gasteiger partial charge in [0.25, 0.3) is 0 Å². The minimum Gasteiger partial charge on any atom is -0.100 e. The molecule has 32 heavy (non-hydrogen) atoms. The molecule has 186 valence electrons. The van der Waals surface area contributed by atoms with Crippen LogP contribution in [0.1, 0.15) is 156 Å². The highest BCUT2D eigenvalue weighted by Gasteiger charge is 2.20. The van der Waals surface area contributed by atoms with E-state index in [1.165, 1.54) is 146 Å². The zero-order valence-electron chi connectivity index (χ0n) is 22.5. The first kappa shape index (κ1) is 29.3. The van der Waals surface area contributed by atoms with Crippen LogP contribution in [0.3, 0.4) is 0 Å². The summed E-state index contributed by atoms with van der Waals surface area (Å²) in [5.41, 5.74) is 4.48. The van der Waals surface area contributed by atoms with Crippen LogP contribution in [-0.2, 0) is 0 Å². The lowest BCUT2D eigenvalue weighted by Gasteiger charge is -2.28. The fourth-order valence-corrected chi connectivity index (χ4v) is 5.46. The monoisotopic (exact) mass is 442 g/mol. The van der Waals surface area contributed by atoms with Crippen molar-refractivity contribution < 1.29 is 0 Å². The number of hydrogen-bond acceptors (Lipinski definition) is 0. The summed E-state index contributed by atoms with van der Waals surface area (Å²) in [5, 5.41) is 0. The first-order valence-electron chi connectivity index (χ1n) is 14.5. The van der Waals surface area contributed by atoms with E-state index in [9.17, 15) is 0 Å². The fraction of sp³-hybridized carbons (Fsp3) is 0.812. The second-order valence-electron chi connectivity index (χ2n) is 11.3. The van der Waals surface area contributed by atoms with Crippen LogP contribution in [0.25, 0.3) is 0 Å². The van der Waals surface area contributed by atoms with Gasteiger partial charge in [-0.25, -0.2) is 0 Å². The Bertz CT molecular complexity index is 508. The Hall–Kier alpha value is -0.780. The van der Waals surface area contributed by atoms with Crippen molar-refractivity contribution in [2.75, 3.05) is 0 Å². The predicted octanol–water partition coefficient (Wildman–Crippen LogP) is 11.5. The normalized spacial score (nSPS) is 19.3. The number of unbranched alkanes of at least 4 members (excludes halogenated alkanes) is 9. The molecule has 1 saturated carbocycles. The molecule has 0 aromatic carbocycles. The summed E-state index contributed by atoms with van der Waals surface area (Å²) >= 11 is 0. The molecule has 0 aromatic heterocycles. The summed E-state index contributed by atoms with van der Waals surface area (Å²) in [5.74, 6) is 1.98. The molecule has 0 heteroatoms. The van der Waals surface area contributed by atoms with Gasteiger partial charge in [-0.15, -0.1) is 13.2 Å². The standard InChI is InChI=1S/C32H58/c1-28(2)20-13-9-6-7-11-15-23-31(24-16-12-8-10-14-21-29(3)4)25-19-27-32-26-18-17-22-30(32)5/h23,30,32H,1,3,6-22,24-27H2,2,4-5H3/t30-,32-/m1/s1. The summed E-state index contributed by atoms with van der Waals surface area (Å²) < 4.78 is 0. The fourth-order valence-electron chi connectivity index (χ4n) is 5.46. The lowest BCUT2D eigenvalue weighted by atomic mass is 9.77. The van der Waals surface area contributed by atoms with Crippen molar-refractivity contribution in [3.8, 4) is 0 Å². The molecule has 0 aliphatic heterocycles. The van der Waals surface area contributed by atoms with Gasteiger partial charge in [-0.1, -0.05) is 93.9 Å². The van der Waals surface area contributed by atoms with Gasteiger partial charge in [0.1, 0.15) is 0 Å². The van der Waals surface area contributed by atoms with Gasteiger partial charge in [-0.05, 0) is 96.3 Å². The van der Waals surface area contributed by atoms with Crippen LogP contribution >= 0.6 is 0 Å². The molecule has 0 unspecified atom stereocenters. The highest BCUT2D eigenvalue weighted by Crippen LogP contribution is 2.33. The molecule has 0 N–H and O–H groups in total. The summed E-state index contributed by atoms with van der Waals surface area (Å²) in [4.78, 5) is 0. The number of allylic oxidation sites excluding steroid dienone is 4. The van der Waals surface area contributed by atoms with Gasteiger partial charge in [0, 0.05) is 0 Å². The second kappa shape index (κ2) is 19.7. The zero-order chi connectivity index (χ0) is 23.4. The molecular weight excluding hydrogens is 384 g/mol. The third kappa shape index (κ3) is 16.8. The van der Waals surface area contributed by atoms with Crippen LogP contribution in [0.5, 0.6) is 0 Å². The predicted molar refractivity (Wildman–Crippen MR) is 147 cm³/mol. The van der Waals surface area contributed by atoms with E-state index in [0.717, 1.165) is 11.8 Å². The van der Waals surface area contributed by atoms with Crippen LogP contribution in [0, 0.1) is 11.8 Å². The summed E-state index contributed by atoms with van der Waals surface area (Å²) in [6.07, 6.45) is 31.8. The Kier molecular flexibility index (Phi) is 18.0. The summed E-state index contributed by atoms with van der Waals surface area (Å²) in [6.45, 7) is 14.9. The SMILES string of the molecule is C=C(C)CCCCCCCC=C(CCCCCCCC(=C)C)CCC[C@H]1CCCC[C@H]1C. The van der Waals surface area contributed by atoms with Crippen molar-refractivity contribution in [3.63, 3.8) is 0 Å². The quantitative estimate of drug-likeness (QED) is 0.130. The van der Waals surface area contributed by atoms with E-state index >= 15 is 0 Å². The first-order chi connectivity index (χ1) is 15.5. The molecule has 2 atom stereocenters. The molecule has 1 aliphatic carbocycles. The van der Waals surface area contributed by atoms with E-state index in [1.807, 2.05) is 0 Å². The second-order valence-corrected chi connectivity index (χ2v) is 11.3. The van der Waals surface area contributed by atoms with E-state index in [0.29, 0.717) is 0 Å². The molecule has 1 fully saturated rings. The lowest BCUT2D eigenvalue weighted by molar-refractivity contribution is 0.238. The molecule has 0 aromatic rings. The van der Waals surface area contributed by atoms with Crippen molar-refractivity contribution in [3.05, 3.63) is 36.0 Å². The van der Waals surface area contributed by atoms with E-state index in [-0.39, 0.29) is 0 Å². The van der Waals surface area contributed by atoms with Crippen molar-refractivity contribution >= 4 is 0 Å². The van der Waals surface area contributed by atoms with Crippen LogP contribution in [0.2, 0.25) is 0 Å². The van der Waals surface area contributed by atoms with Gasteiger partial charge in [-0.2, -0.15) is 0 Å². The third-order valence-corrected chi connectivity index (χ3v) is 7.70. The molecule has 1 rings (SSSR count). The van der Waals surface area contributed by atoms with Gasteiger partial charge >= 0.3 is 0 Å². The van der Waals surface area contributed by atoms with Gasteiger partial charge in [0.15, 0.2) is 0 Å². The highest BCUT2D eigenvalue weighted by atomic mass is 14.3. The smallest absolute Gasteiger partial charge is 0.0320 e. The van der Waals surface area contributed by atoms with Crippen LogP contribution in [0.15, 0.2) is 36.0 Å². The number of rotatable bonds is 20. The van der Waals surface area contributed by atoms with Gasteiger partial charge in [0.2, 0.25) is 0 Å². The maximum atomic E-state index is 4.03. The molecule has 0 spiro atoms. The van der Waals surface area contributed by atoms with Crippen LogP contribution < -0.4 is 0 Å². The average Bonchev–Trinajstić information content (AvgIpc) is 2.75. The van der Waals surface area contributed by atoms with Gasteiger partial charge in [0.05, 0.1) is 0 Å². The maximum absolute atomic E-state index is 4.03. The van der Waals surface area contributed by atoms with Crippen molar-refractivity contribution in [1.29, 1.82) is 0 Å². The van der Waals surface area contributed by atoms with E-state index < -0.39 is 0 Å². The minimum atomic E-state index is 0.972. The molecule has 1 aliphatic rings. The summed E-state index contributed by atoms with van der Waals surface area (Å²) in [6, 6.07) is 0. The minimum absolute atomic E-state index is 0.972. The highest BCUT2D eigenvalue weighted by molar-refractivity contribution is 5.02. The van der Waals surface area contributed by atoms with Gasteiger partial charge in [-0.3, -0.25) is 0 Å². The molecule has 0 bridgehead atoms. The van der Waals surface area contributed by atoms with Crippen molar-refractivity contribution in [2.24, 2.45) is 11.8 Å². The van der Waals surface area contributed by atoms with E-state index in [1.54, 1.807) is 5.57 Å². The Morgan fingerprint density at radius 1 is 0.656 bits per heavy atom. The Labute approximate surface area is 203 Å². The molecule has 0 heterocycles. The number of hydrogen-bond donors (Lipinski definition) is 0. The van der Waals surface area contributed by atoms with E-state index in [4.69, 9.17) is 0 Å². The average molecular weight is 443 g/mol. The Morgan fingerprint density at radius 2 is 1.16 bits per heavy atom. The van der Waals surface area contributed by atoms with E-state index in [2.05, 4.69) is 40.0 Å². The lowest BCUT2D eigenvalue weighted by Crippen LogP contribution is -2.16. The molecule has 0 radical (unpaired) electrons. The Balaban J connectivity index is 2.27. The molecule has 0 saturated heterocycles. The molecule has 0 nitrogen and oxygen atoms in total. The Morgan fingerprint density at radius 3 is 1.75 bits per heavy atom. The van der Waals surface area contributed by atoms with Crippen molar-refractivity contribution in [1.82, 2.24) is 0 Å². The molecular formula is C32H58. The largest absolute Gasteiger partial charge is 0.100 e. The van der Waals surface area contributed by atoms with Crippen LogP contribution in [0.4, 0.5) is 0 Å². The van der Waals surface area contributed by atoms with Crippen molar-refractivity contribution in [2.45, 2.75) is 156 Å². The third-order valence-electron chi connectivity index (χ3n) is 7.70.